The molecule has 0 bridgehead atoms. The van der Waals surface area contributed by atoms with Gasteiger partial charge in [-0.1, -0.05) is 12.1 Å². The summed E-state index contributed by atoms with van der Waals surface area (Å²) in [6.07, 6.45) is -4.78. The van der Waals surface area contributed by atoms with Gasteiger partial charge < -0.3 is 20.1 Å². The maximum atomic E-state index is 12.1. The van der Waals surface area contributed by atoms with Crippen molar-refractivity contribution in [2.24, 2.45) is 0 Å². The molecule has 2 amide bonds. The van der Waals surface area contributed by atoms with Crippen LogP contribution in [-0.4, -0.2) is 25.0 Å². The molecule has 0 radical (unpaired) electrons. The van der Waals surface area contributed by atoms with E-state index >= 15 is 0 Å². The number of carbonyl (C=O) groups excluding carboxylic acids is 2. The molecular formula is C13H9F3N2O4. The highest BCUT2D eigenvalue weighted by atomic mass is 19.4. The number of hydrogen-bond donors (Lipinski definition) is 2. The predicted octanol–water partition coefficient (Wildman–Crippen LogP) is 1.75. The molecule has 116 valence electrons. The summed E-state index contributed by atoms with van der Waals surface area (Å²) >= 11 is 0. The lowest BCUT2D eigenvalue weighted by atomic mass is 9.96. The Hall–Kier alpha value is -2.71. The van der Waals surface area contributed by atoms with E-state index in [-0.39, 0.29) is 17.9 Å². The third-order valence-electron chi connectivity index (χ3n) is 3.17. The Bertz CT molecular complexity index is 667. The lowest BCUT2D eigenvalue weighted by Crippen LogP contribution is -2.44. The minimum atomic E-state index is -4.78. The molecule has 0 fully saturated rings. The van der Waals surface area contributed by atoms with Crippen LogP contribution in [0, 0.1) is 0 Å². The zero-order chi connectivity index (χ0) is 15.9. The second kappa shape index (κ2) is 4.93. The molecule has 0 saturated carbocycles. The van der Waals surface area contributed by atoms with Crippen LogP contribution in [0.15, 0.2) is 35.5 Å². The standard InChI is InChI=1S/C13H9F3N2O4/c14-13(15,16)22-7-3-1-6(2-4-7)10-9-8(5-21-11(9)19)17-12(20)18-10/h1-4,10H,5H2,(H2,17,18,20)/t10-/m1/s1. The van der Waals surface area contributed by atoms with E-state index in [1.807, 2.05) is 0 Å². The van der Waals surface area contributed by atoms with E-state index < -0.39 is 24.4 Å². The average Bonchev–Trinajstić information content (AvgIpc) is 2.78. The lowest BCUT2D eigenvalue weighted by molar-refractivity contribution is -0.274. The van der Waals surface area contributed by atoms with E-state index in [1.54, 1.807) is 0 Å². The number of rotatable bonds is 2. The smallest absolute Gasteiger partial charge is 0.456 e. The highest BCUT2D eigenvalue weighted by Crippen LogP contribution is 2.32. The summed E-state index contributed by atoms with van der Waals surface area (Å²) in [5, 5.41) is 4.99. The summed E-state index contributed by atoms with van der Waals surface area (Å²) in [6, 6.07) is 3.60. The Morgan fingerprint density at radius 1 is 1.18 bits per heavy atom. The largest absolute Gasteiger partial charge is 0.573 e. The van der Waals surface area contributed by atoms with E-state index in [4.69, 9.17) is 4.74 Å². The molecule has 1 atom stereocenters. The van der Waals surface area contributed by atoms with Crippen molar-refractivity contribution in [2.75, 3.05) is 6.61 Å². The second-order valence-corrected chi connectivity index (χ2v) is 4.62. The Balaban J connectivity index is 1.88. The fraction of sp³-hybridized carbons (Fsp3) is 0.231. The van der Waals surface area contributed by atoms with E-state index in [0.717, 1.165) is 12.1 Å². The van der Waals surface area contributed by atoms with Crippen molar-refractivity contribution in [3.63, 3.8) is 0 Å². The first-order valence-corrected chi connectivity index (χ1v) is 6.17. The van der Waals surface area contributed by atoms with Gasteiger partial charge in [-0.2, -0.15) is 0 Å². The minimum Gasteiger partial charge on any atom is -0.456 e. The first-order chi connectivity index (χ1) is 10.3. The molecule has 2 N–H and O–H groups in total. The predicted molar refractivity (Wildman–Crippen MR) is 65.5 cm³/mol. The number of amides is 2. The zero-order valence-corrected chi connectivity index (χ0v) is 10.9. The van der Waals surface area contributed by atoms with Crippen LogP contribution in [-0.2, 0) is 9.53 Å². The van der Waals surface area contributed by atoms with Crippen LogP contribution in [0.2, 0.25) is 0 Å². The van der Waals surface area contributed by atoms with E-state index in [1.165, 1.54) is 12.1 Å². The topological polar surface area (TPSA) is 76.7 Å². The first kappa shape index (κ1) is 14.2. The summed E-state index contributed by atoms with van der Waals surface area (Å²) in [4.78, 5) is 23.3. The maximum Gasteiger partial charge on any atom is 0.573 e. The molecule has 3 rings (SSSR count). The summed E-state index contributed by atoms with van der Waals surface area (Å²) in [6.45, 7) is -0.0344. The molecule has 1 aromatic carbocycles. The summed E-state index contributed by atoms with van der Waals surface area (Å²) in [5.74, 6) is -0.970. The molecule has 0 aliphatic carbocycles. The van der Waals surface area contributed by atoms with Gasteiger partial charge in [0.05, 0.1) is 17.3 Å². The van der Waals surface area contributed by atoms with Gasteiger partial charge in [0.25, 0.3) is 0 Å². The highest BCUT2D eigenvalue weighted by Gasteiger charge is 2.38. The molecule has 1 aromatic rings. The van der Waals surface area contributed by atoms with Gasteiger partial charge in [0, 0.05) is 0 Å². The second-order valence-electron chi connectivity index (χ2n) is 4.62. The SMILES string of the molecule is O=C1NC2=C(C(=O)OC2)[C@@H](c2ccc(OC(F)(F)F)cc2)N1. The molecule has 2 aliphatic heterocycles. The molecular weight excluding hydrogens is 305 g/mol. The number of alkyl halides is 3. The van der Waals surface area contributed by atoms with E-state index in [2.05, 4.69) is 15.4 Å². The summed E-state index contributed by atoms with van der Waals surface area (Å²) in [5.41, 5.74) is 1.04. The third kappa shape index (κ3) is 2.69. The molecule has 0 unspecified atom stereocenters. The maximum absolute atomic E-state index is 12.1. The van der Waals surface area contributed by atoms with Crippen molar-refractivity contribution >= 4 is 12.0 Å². The molecule has 2 heterocycles. The molecule has 0 spiro atoms. The van der Waals surface area contributed by atoms with Crippen LogP contribution in [0.5, 0.6) is 5.75 Å². The van der Waals surface area contributed by atoms with Gasteiger partial charge in [-0.25, -0.2) is 9.59 Å². The van der Waals surface area contributed by atoms with Crippen molar-refractivity contribution in [3.8, 4) is 5.75 Å². The minimum absolute atomic E-state index is 0.0344. The van der Waals surface area contributed by atoms with Crippen molar-refractivity contribution < 1.29 is 32.2 Å². The van der Waals surface area contributed by atoms with Crippen molar-refractivity contribution in [1.82, 2.24) is 10.6 Å². The van der Waals surface area contributed by atoms with Gasteiger partial charge in [-0.3, -0.25) is 0 Å². The molecule has 22 heavy (non-hydrogen) atoms. The average molecular weight is 314 g/mol. The van der Waals surface area contributed by atoms with Crippen molar-refractivity contribution in [3.05, 3.63) is 41.1 Å². The van der Waals surface area contributed by atoms with Crippen LogP contribution in [0.3, 0.4) is 0 Å². The van der Waals surface area contributed by atoms with Crippen LogP contribution in [0.25, 0.3) is 0 Å². The van der Waals surface area contributed by atoms with Gasteiger partial charge in [0.2, 0.25) is 0 Å². The number of ether oxygens (including phenoxy) is 2. The van der Waals surface area contributed by atoms with Gasteiger partial charge in [0.1, 0.15) is 12.4 Å². The monoisotopic (exact) mass is 314 g/mol. The number of cyclic esters (lactones) is 1. The molecule has 9 heteroatoms. The van der Waals surface area contributed by atoms with Crippen LogP contribution >= 0.6 is 0 Å². The first-order valence-electron chi connectivity index (χ1n) is 6.17. The number of halogens is 3. The van der Waals surface area contributed by atoms with Gasteiger partial charge in [-0.15, -0.1) is 13.2 Å². The number of carbonyl (C=O) groups is 2. The summed E-state index contributed by atoms with van der Waals surface area (Å²) in [7, 11) is 0. The normalized spacial score (nSPS) is 21.0. The zero-order valence-electron chi connectivity index (χ0n) is 10.9. The number of urea groups is 1. The number of benzene rings is 1. The number of hydrogen-bond acceptors (Lipinski definition) is 4. The van der Waals surface area contributed by atoms with Crippen LogP contribution < -0.4 is 15.4 Å². The fourth-order valence-corrected chi connectivity index (χ4v) is 2.30. The van der Waals surface area contributed by atoms with Crippen molar-refractivity contribution in [1.29, 1.82) is 0 Å². The van der Waals surface area contributed by atoms with Gasteiger partial charge in [-0.05, 0) is 17.7 Å². The Labute approximate surface area is 121 Å². The van der Waals surface area contributed by atoms with Gasteiger partial charge >= 0.3 is 18.4 Å². The van der Waals surface area contributed by atoms with Crippen LogP contribution in [0.1, 0.15) is 11.6 Å². The Morgan fingerprint density at radius 3 is 2.50 bits per heavy atom. The molecule has 2 aliphatic rings. The van der Waals surface area contributed by atoms with Gasteiger partial charge in [0.15, 0.2) is 0 Å². The highest BCUT2D eigenvalue weighted by molar-refractivity contribution is 5.97. The number of nitrogens with one attached hydrogen (secondary N) is 2. The van der Waals surface area contributed by atoms with Crippen LogP contribution in [0.4, 0.5) is 18.0 Å². The third-order valence-corrected chi connectivity index (χ3v) is 3.17. The fourth-order valence-electron chi connectivity index (χ4n) is 2.30. The Morgan fingerprint density at radius 2 is 1.86 bits per heavy atom. The lowest BCUT2D eigenvalue weighted by Gasteiger charge is -2.24. The molecule has 0 aromatic heterocycles. The van der Waals surface area contributed by atoms with E-state index in [9.17, 15) is 22.8 Å². The Kier molecular flexibility index (Phi) is 3.19. The molecule has 6 nitrogen and oxygen atoms in total. The van der Waals surface area contributed by atoms with E-state index in [0.29, 0.717) is 11.3 Å². The quantitative estimate of drug-likeness (QED) is 0.816. The summed E-state index contributed by atoms with van der Waals surface area (Å²) < 4.78 is 45.0. The van der Waals surface area contributed by atoms with Crippen molar-refractivity contribution in [2.45, 2.75) is 12.4 Å². The number of esters is 1. The molecule has 0 saturated heterocycles.